The van der Waals surface area contributed by atoms with Crippen LogP contribution in [-0.2, 0) is 13.0 Å². The molecule has 0 bridgehead atoms. The second kappa shape index (κ2) is 13.0. The van der Waals surface area contributed by atoms with Crippen LogP contribution in [-0.4, -0.2) is 17.3 Å². The molecule has 0 saturated heterocycles. The van der Waals surface area contributed by atoms with Crippen LogP contribution in [0.2, 0.25) is 5.02 Å². The molecule has 3 rings (SSSR count). The molecule has 0 fully saturated rings. The highest BCUT2D eigenvalue weighted by Crippen LogP contribution is 2.33. The summed E-state index contributed by atoms with van der Waals surface area (Å²) in [5, 5.41) is 10.3. The Morgan fingerprint density at radius 1 is 1.00 bits per heavy atom. The second-order valence-corrected chi connectivity index (χ2v) is 8.96. The Morgan fingerprint density at radius 3 is 2.45 bits per heavy atom. The lowest BCUT2D eigenvalue weighted by molar-refractivity contribution is 0.158. The predicted octanol–water partition coefficient (Wildman–Crippen LogP) is 6.52. The smallest absolute Gasteiger partial charge is 0.120 e. The van der Waals surface area contributed by atoms with E-state index in [1.54, 1.807) is 18.7 Å². The maximum Gasteiger partial charge on any atom is 0.120 e. The average Bonchev–Trinajstić information content (AvgIpc) is 2.74. The van der Waals surface area contributed by atoms with Crippen molar-refractivity contribution in [3.05, 3.63) is 88.9 Å². The van der Waals surface area contributed by atoms with Crippen molar-refractivity contribution >= 4 is 35.8 Å². The van der Waals surface area contributed by atoms with Crippen LogP contribution in [0.4, 0.5) is 0 Å². The summed E-state index contributed by atoms with van der Waals surface area (Å²) in [6.45, 7) is 2.28. The first-order chi connectivity index (χ1) is 14.5. The van der Waals surface area contributed by atoms with E-state index in [2.05, 4.69) is 30.3 Å². The zero-order chi connectivity index (χ0) is 21.3. The highest BCUT2D eigenvalue weighted by Gasteiger charge is 2.10. The van der Waals surface area contributed by atoms with E-state index < -0.39 is 6.10 Å². The van der Waals surface area contributed by atoms with Gasteiger partial charge in [-0.2, -0.15) is 0 Å². The Bertz CT molecular complexity index is 938. The summed E-state index contributed by atoms with van der Waals surface area (Å²) in [5.74, 6) is 0.848. The molecule has 0 spiro atoms. The van der Waals surface area contributed by atoms with E-state index in [0.717, 1.165) is 51.0 Å². The maximum atomic E-state index is 9.50. The fraction of sp³-hybridized carbons (Fsp3) is 0.280. The van der Waals surface area contributed by atoms with Crippen molar-refractivity contribution < 1.29 is 9.84 Å². The number of benzene rings is 3. The molecule has 0 saturated carbocycles. The lowest BCUT2D eigenvalue weighted by Crippen LogP contribution is -2.32. The molecule has 0 aliphatic carbocycles. The Morgan fingerprint density at radius 2 is 1.74 bits per heavy atom. The van der Waals surface area contributed by atoms with Crippen LogP contribution >= 0.6 is 35.8 Å². The monoisotopic (exact) mass is 477 g/mol. The van der Waals surface area contributed by atoms with E-state index in [1.807, 2.05) is 42.5 Å². The topological polar surface area (TPSA) is 55.5 Å². The zero-order valence-electron chi connectivity index (χ0n) is 17.5. The molecule has 0 aliphatic heterocycles. The highest BCUT2D eigenvalue weighted by atomic mass is 35.5. The molecule has 0 radical (unpaired) electrons. The molecule has 0 aliphatic rings. The number of hydrogen-bond donors (Lipinski definition) is 2. The van der Waals surface area contributed by atoms with Gasteiger partial charge < -0.3 is 15.6 Å². The van der Waals surface area contributed by atoms with Gasteiger partial charge in [-0.1, -0.05) is 65.8 Å². The summed E-state index contributed by atoms with van der Waals surface area (Å²) >= 11 is 8.17. The number of aliphatic hydroxyl groups is 1. The molecule has 3 aromatic rings. The number of aryl methyl sites for hydroxylation is 1. The van der Waals surface area contributed by atoms with Gasteiger partial charge in [0.05, 0.1) is 6.10 Å². The minimum atomic E-state index is -0.480. The molecule has 2 unspecified atom stereocenters. The summed E-state index contributed by atoms with van der Waals surface area (Å²) in [7, 11) is 0. The van der Waals surface area contributed by atoms with Crippen LogP contribution in [0.25, 0.3) is 0 Å². The van der Waals surface area contributed by atoms with Crippen molar-refractivity contribution in [2.45, 2.75) is 54.7 Å². The second-order valence-electron chi connectivity index (χ2n) is 7.40. The first-order valence-corrected chi connectivity index (χ1v) is 11.4. The van der Waals surface area contributed by atoms with Gasteiger partial charge in [0.1, 0.15) is 12.4 Å². The number of aliphatic hydroxyl groups excluding tert-OH is 1. The number of nitrogens with two attached hydrogens (primary N) is 1. The molecule has 3 N–H and O–H groups in total. The lowest BCUT2D eigenvalue weighted by Gasteiger charge is -2.14. The first-order valence-electron chi connectivity index (χ1n) is 10.2. The Kier molecular flexibility index (Phi) is 10.7. The number of halogens is 2. The third-order valence-corrected chi connectivity index (χ3v) is 6.25. The van der Waals surface area contributed by atoms with Gasteiger partial charge in [0.2, 0.25) is 0 Å². The van der Waals surface area contributed by atoms with Crippen molar-refractivity contribution in [2.24, 2.45) is 5.73 Å². The van der Waals surface area contributed by atoms with E-state index in [4.69, 9.17) is 22.1 Å². The molecular weight excluding hydrogens is 449 g/mol. The van der Waals surface area contributed by atoms with Crippen LogP contribution in [0, 0.1) is 0 Å². The van der Waals surface area contributed by atoms with Gasteiger partial charge in [-0.25, -0.2) is 0 Å². The van der Waals surface area contributed by atoms with Crippen molar-refractivity contribution in [1.82, 2.24) is 0 Å². The van der Waals surface area contributed by atoms with Crippen molar-refractivity contribution in [3.8, 4) is 5.75 Å². The molecule has 31 heavy (non-hydrogen) atoms. The molecule has 3 nitrogen and oxygen atoms in total. The molecule has 3 aromatic carbocycles. The molecule has 0 amide bonds. The van der Waals surface area contributed by atoms with Crippen LogP contribution in [0.15, 0.2) is 82.6 Å². The van der Waals surface area contributed by atoms with Gasteiger partial charge in [0.25, 0.3) is 0 Å². The van der Waals surface area contributed by atoms with Crippen LogP contribution in [0.1, 0.15) is 30.9 Å². The summed E-state index contributed by atoms with van der Waals surface area (Å²) < 4.78 is 5.93. The maximum absolute atomic E-state index is 9.50. The fourth-order valence-corrected chi connectivity index (χ4v) is 4.31. The lowest BCUT2D eigenvalue weighted by atomic mass is 10.0. The minimum Gasteiger partial charge on any atom is -0.489 e. The van der Waals surface area contributed by atoms with Crippen molar-refractivity contribution in [1.29, 1.82) is 0 Å². The van der Waals surface area contributed by atoms with Gasteiger partial charge in [-0.3, -0.25) is 0 Å². The predicted molar refractivity (Wildman–Crippen MR) is 133 cm³/mol. The Labute approximate surface area is 200 Å². The molecular formula is C25H29Cl2NO2S. The van der Waals surface area contributed by atoms with E-state index in [0.29, 0.717) is 6.61 Å². The molecule has 0 aromatic heterocycles. The van der Waals surface area contributed by atoms with Gasteiger partial charge in [0, 0.05) is 20.9 Å². The van der Waals surface area contributed by atoms with Crippen LogP contribution in [0.5, 0.6) is 5.75 Å². The Balaban J connectivity index is 0.00000341. The highest BCUT2D eigenvalue weighted by molar-refractivity contribution is 7.99. The summed E-state index contributed by atoms with van der Waals surface area (Å²) in [6.07, 6.45) is 2.05. The van der Waals surface area contributed by atoms with Crippen molar-refractivity contribution in [3.63, 3.8) is 0 Å². The van der Waals surface area contributed by atoms with Crippen LogP contribution in [0.3, 0.4) is 0 Å². The number of hydrogen-bond acceptors (Lipinski definition) is 4. The van der Waals surface area contributed by atoms with Crippen LogP contribution < -0.4 is 10.5 Å². The van der Waals surface area contributed by atoms with Gasteiger partial charge in [-0.15, -0.1) is 12.4 Å². The van der Waals surface area contributed by atoms with Crippen molar-refractivity contribution in [2.75, 3.05) is 0 Å². The summed E-state index contributed by atoms with van der Waals surface area (Å²) in [5.41, 5.74) is 8.15. The van der Waals surface area contributed by atoms with Gasteiger partial charge in [-0.05, 0) is 67.6 Å². The third kappa shape index (κ3) is 8.40. The summed E-state index contributed by atoms with van der Waals surface area (Å²) in [6, 6.07) is 24.2. The molecule has 166 valence electrons. The first kappa shape index (κ1) is 25.6. The fourth-order valence-electron chi connectivity index (χ4n) is 3.07. The standard InChI is InChI=1S/C25H28ClNO2S.ClH/c1-18(28)25(27)12-5-9-20-13-14-23(16-24(20)26)30-22-11-6-10-21(15-22)29-17-19-7-3-2-4-8-19;/h2-4,6-8,10-11,13-16,18,25,28H,5,9,12,17,27H2,1H3;1H. The van der Waals surface area contributed by atoms with E-state index >= 15 is 0 Å². The number of rotatable bonds is 10. The normalized spacial score (nSPS) is 12.6. The van der Waals surface area contributed by atoms with E-state index in [1.165, 1.54) is 0 Å². The number of ether oxygens (including phenoxy) is 1. The Hall–Kier alpha value is -1.69. The van der Waals surface area contributed by atoms with Gasteiger partial charge in [0.15, 0.2) is 0 Å². The summed E-state index contributed by atoms with van der Waals surface area (Å²) in [4.78, 5) is 2.19. The largest absolute Gasteiger partial charge is 0.489 e. The SMILES string of the molecule is CC(O)C(N)CCCc1ccc(Sc2cccc(OCc3ccccc3)c2)cc1Cl.Cl. The van der Waals surface area contributed by atoms with E-state index in [-0.39, 0.29) is 18.4 Å². The average molecular weight is 478 g/mol. The molecule has 6 heteroatoms. The molecule has 2 atom stereocenters. The molecule has 0 heterocycles. The quantitative estimate of drug-likeness (QED) is 0.348. The van der Waals surface area contributed by atoms with Gasteiger partial charge >= 0.3 is 0 Å². The minimum absolute atomic E-state index is 0. The third-order valence-electron chi connectivity index (χ3n) is 4.92. The van der Waals surface area contributed by atoms with E-state index in [9.17, 15) is 5.11 Å². The zero-order valence-corrected chi connectivity index (χ0v) is 19.9.